The van der Waals surface area contributed by atoms with E-state index in [2.05, 4.69) is 5.32 Å². The molecule has 2 amide bonds. The zero-order chi connectivity index (χ0) is 29.4. The Morgan fingerprint density at radius 1 is 1.13 bits per heavy atom. The van der Waals surface area contributed by atoms with Gasteiger partial charge in [-0.1, -0.05) is 38.2 Å². The minimum absolute atomic E-state index is 0.104. The Bertz CT molecular complexity index is 1130. The van der Waals surface area contributed by atoms with Crippen molar-refractivity contribution in [1.29, 1.82) is 0 Å². The Hall–Kier alpha value is -3.54. The van der Waals surface area contributed by atoms with Crippen molar-refractivity contribution in [3.05, 3.63) is 58.5 Å². The van der Waals surface area contributed by atoms with E-state index in [1.54, 1.807) is 26.0 Å². The van der Waals surface area contributed by atoms with Gasteiger partial charge in [0.1, 0.15) is 6.10 Å². The largest absolute Gasteiger partial charge is 0.439 e. The molecule has 11 nitrogen and oxygen atoms in total. The van der Waals surface area contributed by atoms with E-state index in [-0.39, 0.29) is 34.9 Å². The fourth-order valence-electron chi connectivity index (χ4n) is 4.61. The maximum Gasteiger partial charge on any atom is 0.405 e. The molecule has 1 aliphatic heterocycles. The summed E-state index contributed by atoms with van der Waals surface area (Å²) in [5, 5.41) is 13.6. The van der Waals surface area contributed by atoms with E-state index in [0.29, 0.717) is 12.0 Å². The van der Waals surface area contributed by atoms with Crippen LogP contribution < -0.4 is 16.8 Å². The molecule has 0 radical (unpaired) electrons. The van der Waals surface area contributed by atoms with E-state index in [0.717, 1.165) is 6.08 Å². The van der Waals surface area contributed by atoms with Gasteiger partial charge >= 0.3 is 6.09 Å². The van der Waals surface area contributed by atoms with Gasteiger partial charge in [0.05, 0.1) is 23.6 Å². The molecule has 0 unspecified atom stereocenters. The first kappa shape index (κ1) is 31.7. The minimum atomic E-state index is -1.00. The van der Waals surface area contributed by atoms with Crippen molar-refractivity contribution >= 4 is 23.6 Å². The van der Waals surface area contributed by atoms with E-state index < -0.39 is 53.9 Å². The summed E-state index contributed by atoms with van der Waals surface area (Å²) in [7, 11) is 2.90. The minimum Gasteiger partial charge on any atom is -0.439 e. The Morgan fingerprint density at radius 3 is 2.38 bits per heavy atom. The van der Waals surface area contributed by atoms with Crippen LogP contribution in [0.3, 0.4) is 0 Å². The number of rotatable bonds is 3. The van der Waals surface area contributed by atoms with Crippen LogP contribution in [0.25, 0.3) is 0 Å². The van der Waals surface area contributed by atoms with Gasteiger partial charge in [-0.3, -0.25) is 14.4 Å². The number of fused-ring (bicyclic) bond motifs is 2. The molecule has 0 aromatic carbocycles. The maximum atomic E-state index is 13.2. The highest BCUT2D eigenvalue weighted by Crippen LogP contribution is 2.28. The number of amides is 2. The molecule has 39 heavy (non-hydrogen) atoms. The summed E-state index contributed by atoms with van der Waals surface area (Å²) in [4.78, 5) is 50.1. The number of nitrogens with two attached hydrogens (primary N) is 2. The van der Waals surface area contributed by atoms with Crippen LogP contribution in [0.2, 0.25) is 0 Å². The number of nitrogens with one attached hydrogen (secondary N) is 1. The number of methoxy groups -OCH3 is 2. The van der Waals surface area contributed by atoms with Crippen LogP contribution in [0.4, 0.5) is 4.79 Å². The zero-order valence-electron chi connectivity index (χ0n) is 23.2. The predicted molar refractivity (Wildman–Crippen MR) is 144 cm³/mol. The number of carbonyl (C=O) groups is 4. The highest BCUT2D eigenvalue weighted by atomic mass is 16.6. The first-order chi connectivity index (χ1) is 18.3. The molecule has 0 spiro atoms. The van der Waals surface area contributed by atoms with Crippen LogP contribution in [0.5, 0.6) is 0 Å². The van der Waals surface area contributed by atoms with E-state index in [1.807, 2.05) is 6.92 Å². The summed E-state index contributed by atoms with van der Waals surface area (Å²) in [6, 6.07) is 0. The molecule has 1 heterocycles. The van der Waals surface area contributed by atoms with Gasteiger partial charge in [-0.05, 0) is 38.2 Å². The number of aliphatic hydroxyl groups excluding tert-OH is 1. The van der Waals surface area contributed by atoms with Crippen LogP contribution in [0.15, 0.2) is 58.5 Å². The predicted octanol–water partition coefficient (Wildman–Crippen LogP) is 1.72. The van der Waals surface area contributed by atoms with Crippen molar-refractivity contribution in [2.75, 3.05) is 14.2 Å². The third-order valence-corrected chi connectivity index (χ3v) is 6.84. The average Bonchev–Trinajstić information content (AvgIpc) is 2.88. The molecule has 0 saturated heterocycles. The molecule has 1 aliphatic carbocycles. The number of primary amides is 1. The van der Waals surface area contributed by atoms with Gasteiger partial charge in [0, 0.05) is 37.4 Å². The third kappa shape index (κ3) is 8.22. The topological polar surface area (TPSA) is 180 Å². The SMILES string of the molecule is CO[C@H]1/C=C\C=C(/C)C(=O)NC2=CC(=O)C(N)=C(C[C@@H](C)C[C@@H](OC)[C@@H](O)[C@@H](C)/C=C(\C)[C@@H]1OC(N)=O)C2=O. The quantitative estimate of drug-likeness (QED) is 0.303. The number of ketones is 2. The number of allylic oxidation sites excluding steroid dienone is 4. The lowest BCUT2D eigenvalue weighted by Crippen LogP contribution is -2.37. The lowest BCUT2D eigenvalue weighted by Gasteiger charge is -2.29. The average molecular weight is 546 g/mol. The molecule has 214 valence electrons. The molecule has 2 rings (SSSR count). The summed E-state index contributed by atoms with van der Waals surface area (Å²) >= 11 is 0. The van der Waals surface area contributed by atoms with Crippen LogP contribution in [-0.2, 0) is 28.6 Å². The van der Waals surface area contributed by atoms with Gasteiger partial charge in [-0.2, -0.15) is 0 Å². The molecule has 2 bridgehead atoms. The fraction of sp³-hybridized carbons (Fsp3) is 0.500. The molecule has 0 aromatic rings. The van der Waals surface area contributed by atoms with Gasteiger partial charge in [-0.15, -0.1) is 0 Å². The molecule has 0 aromatic heterocycles. The van der Waals surface area contributed by atoms with Gasteiger partial charge in [0.15, 0.2) is 6.10 Å². The zero-order valence-corrected chi connectivity index (χ0v) is 23.2. The highest BCUT2D eigenvalue weighted by Gasteiger charge is 2.32. The van der Waals surface area contributed by atoms with Gasteiger partial charge in [-0.25, -0.2) is 4.79 Å². The number of hydrogen-bond donors (Lipinski definition) is 4. The maximum absolute atomic E-state index is 13.2. The first-order valence-corrected chi connectivity index (χ1v) is 12.6. The third-order valence-electron chi connectivity index (χ3n) is 6.84. The Balaban J connectivity index is 2.58. The summed E-state index contributed by atoms with van der Waals surface area (Å²) < 4.78 is 16.4. The second-order valence-corrected chi connectivity index (χ2v) is 9.97. The van der Waals surface area contributed by atoms with Crippen LogP contribution >= 0.6 is 0 Å². The summed E-state index contributed by atoms with van der Waals surface area (Å²) in [6.07, 6.45) is 3.55. The van der Waals surface area contributed by atoms with Crippen LogP contribution in [0.1, 0.15) is 40.5 Å². The molecule has 6 N–H and O–H groups in total. The Morgan fingerprint density at radius 2 is 1.79 bits per heavy atom. The number of ether oxygens (including phenoxy) is 3. The second-order valence-electron chi connectivity index (χ2n) is 9.97. The Kier molecular flexibility index (Phi) is 11.4. The number of Topliss-reactive ketones (excluding diaryl/α,β-unsaturated/α-hetero) is 1. The highest BCUT2D eigenvalue weighted by molar-refractivity contribution is 6.23. The number of carbonyl (C=O) groups excluding carboxylic acids is 4. The number of hydrogen-bond acceptors (Lipinski definition) is 9. The fourth-order valence-corrected chi connectivity index (χ4v) is 4.61. The van der Waals surface area contributed by atoms with Crippen molar-refractivity contribution in [2.24, 2.45) is 23.3 Å². The van der Waals surface area contributed by atoms with Crippen LogP contribution in [0, 0.1) is 11.8 Å². The first-order valence-electron chi connectivity index (χ1n) is 12.6. The molecule has 0 saturated carbocycles. The molecule has 11 heteroatoms. The van der Waals surface area contributed by atoms with Crippen LogP contribution in [-0.4, -0.2) is 67.3 Å². The van der Waals surface area contributed by atoms with E-state index in [1.165, 1.54) is 33.3 Å². The lowest BCUT2D eigenvalue weighted by molar-refractivity contribution is -0.120. The van der Waals surface area contributed by atoms with Crippen molar-refractivity contribution in [1.82, 2.24) is 5.32 Å². The summed E-state index contributed by atoms with van der Waals surface area (Å²) in [5.41, 5.74) is 11.9. The van der Waals surface area contributed by atoms with E-state index in [9.17, 15) is 24.3 Å². The van der Waals surface area contributed by atoms with E-state index in [4.69, 9.17) is 25.7 Å². The normalized spacial score (nSPS) is 33.3. The number of aliphatic hydroxyl groups is 1. The smallest absolute Gasteiger partial charge is 0.405 e. The molecule has 6 atom stereocenters. The van der Waals surface area contributed by atoms with E-state index >= 15 is 0 Å². The molecular formula is C28H39N3O8. The molecule has 2 aliphatic rings. The van der Waals surface area contributed by atoms with Crippen molar-refractivity contribution < 1.29 is 38.5 Å². The second kappa shape index (κ2) is 14.0. The Labute approximate surface area is 228 Å². The van der Waals surface area contributed by atoms with Crippen molar-refractivity contribution in [3.63, 3.8) is 0 Å². The van der Waals surface area contributed by atoms with Crippen molar-refractivity contribution in [2.45, 2.75) is 65.0 Å². The van der Waals surface area contributed by atoms with Gasteiger partial charge < -0.3 is 36.1 Å². The van der Waals surface area contributed by atoms with Gasteiger partial charge in [0.25, 0.3) is 5.91 Å². The standard InChI is InChI=1S/C28H39N3O8/c1-14-10-18-23(29)20(32)13-19(25(18)34)31-27(35)15(2)8-7-9-21(37-5)26(39-28(30)36)17(4)12-16(3)24(33)22(11-14)38-6/h7-9,12-14,16,21-22,24,26,33H,10-11,29H2,1-6H3,(H2,30,36)(H,31,35)/b9-7-,15-8+,17-12+/t14-,16+,21+,22-,24+,26+/m1/s1. The van der Waals surface area contributed by atoms with Crippen molar-refractivity contribution in [3.8, 4) is 0 Å². The molecular weight excluding hydrogens is 506 g/mol. The summed E-state index contributed by atoms with van der Waals surface area (Å²) in [5.74, 6) is -2.37. The lowest BCUT2D eigenvalue weighted by atomic mass is 9.85. The van der Waals surface area contributed by atoms with Gasteiger partial charge in [0.2, 0.25) is 11.6 Å². The molecule has 0 fully saturated rings. The summed E-state index contributed by atoms with van der Waals surface area (Å²) in [6.45, 7) is 6.89. The monoisotopic (exact) mass is 545 g/mol.